The van der Waals surface area contributed by atoms with Gasteiger partial charge in [-0.05, 0) is 24.0 Å². The average Bonchev–Trinajstić information content (AvgIpc) is 2.88. The number of aromatic nitrogens is 2. The summed E-state index contributed by atoms with van der Waals surface area (Å²) in [6, 6.07) is 8.42. The molecule has 0 aliphatic carbocycles. The number of aliphatic imine (C=N–C) groups is 1. The van der Waals surface area contributed by atoms with E-state index in [1.807, 2.05) is 19.3 Å². The first kappa shape index (κ1) is 16.1. The van der Waals surface area contributed by atoms with Crippen molar-refractivity contribution < 1.29 is 0 Å². The number of aryl methyl sites for hydroxylation is 1. The summed E-state index contributed by atoms with van der Waals surface area (Å²) in [5.74, 6) is 2.07. The zero-order valence-electron chi connectivity index (χ0n) is 13.6. The molecule has 5 nitrogen and oxygen atoms in total. The Kier molecular flexibility index (Phi) is 5.58. The second-order valence-corrected chi connectivity index (χ2v) is 5.90. The van der Waals surface area contributed by atoms with Gasteiger partial charge in [0, 0.05) is 25.5 Å². The summed E-state index contributed by atoms with van der Waals surface area (Å²) >= 11 is 0. The molecule has 1 aromatic carbocycles. The van der Waals surface area contributed by atoms with Crippen molar-refractivity contribution in [3.63, 3.8) is 0 Å². The molecule has 0 unspecified atom stereocenters. The van der Waals surface area contributed by atoms with E-state index in [9.17, 15) is 0 Å². The monoisotopic (exact) mass is 299 g/mol. The molecule has 0 bridgehead atoms. The van der Waals surface area contributed by atoms with Gasteiger partial charge in [-0.25, -0.2) is 9.98 Å². The van der Waals surface area contributed by atoms with Crippen molar-refractivity contribution in [1.82, 2.24) is 14.9 Å². The highest BCUT2D eigenvalue weighted by Crippen LogP contribution is 2.09. The number of nitrogens with zero attached hydrogens (tertiary/aromatic N) is 3. The van der Waals surface area contributed by atoms with Crippen molar-refractivity contribution in [3.05, 3.63) is 53.6 Å². The Morgan fingerprint density at radius 2 is 2.14 bits per heavy atom. The molecule has 0 aliphatic heterocycles. The molecule has 22 heavy (non-hydrogen) atoms. The summed E-state index contributed by atoms with van der Waals surface area (Å²) in [4.78, 5) is 8.63. The van der Waals surface area contributed by atoms with Crippen LogP contribution in [-0.2, 0) is 13.1 Å². The van der Waals surface area contributed by atoms with Gasteiger partial charge in [-0.2, -0.15) is 0 Å². The first-order chi connectivity index (χ1) is 10.5. The molecule has 118 valence electrons. The third kappa shape index (κ3) is 4.91. The van der Waals surface area contributed by atoms with E-state index in [4.69, 9.17) is 5.73 Å². The molecule has 0 saturated heterocycles. The molecule has 0 saturated carbocycles. The minimum absolute atomic E-state index is 0.504. The lowest BCUT2D eigenvalue weighted by atomic mass is 10.1. The van der Waals surface area contributed by atoms with Gasteiger partial charge >= 0.3 is 0 Å². The minimum atomic E-state index is 0.504. The van der Waals surface area contributed by atoms with Crippen LogP contribution in [-0.4, -0.2) is 22.1 Å². The molecule has 1 aromatic heterocycles. The van der Waals surface area contributed by atoms with Crippen LogP contribution in [0.25, 0.3) is 0 Å². The number of nitrogens with two attached hydrogens (primary N) is 1. The van der Waals surface area contributed by atoms with Crippen molar-refractivity contribution in [3.8, 4) is 0 Å². The molecule has 2 rings (SSSR count). The molecule has 0 aliphatic rings. The maximum atomic E-state index is 5.86. The fraction of sp³-hybridized carbons (Fsp3) is 0.412. The number of imidazole rings is 1. The Labute approximate surface area is 132 Å². The molecule has 0 spiro atoms. The summed E-state index contributed by atoms with van der Waals surface area (Å²) in [5, 5.41) is 3.13. The molecule has 1 heterocycles. The average molecular weight is 299 g/mol. The van der Waals surface area contributed by atoms with E-state index < -0.39 is 0 Å². The van der Waals surface area contributed by atoms with Crippen LogP contribution in [0.5, 0.6) is 0 Å². The summed E-state index contributed by atoms with van der Waals surface area (Å²) in [6.07, 6.45) is 3.82. The molecule has 5 heteroatoms. The maximum Gasteiger partial charge on any atom is 0.188 e. The fourth-order valence-electron chi connectivity index (χ4n) is 2.13. The van der Waals surface area contributed by atoms with Crippen LogP contribution in [0.4, 0.5) is 0 Å². The lowest BCUT2D eigenvalue weighted by molar-refractivity contribution is 0.622. The standard InChI is InChI=1S/C17H25N5/c1-13(2)10-20-17(18)21-11-15-5-4-6-16(9-15)12-22-8-7-19-14(22)3/h4-9,13H,10-12H2,1-3H3,(H3,18,20,21). The van der Waals surface area contributed by atoms with Gasteiger partial charge in [0.2, 0.25) is 0 Å². The van der Waals surface area contributed by atoms with E-state index in [0.29, 0.717) is 18.4 Å². The van der Waals surface area contributed by atoms with Crippen LogP contribution in [0.15, 0.2) is 41.7 Å². The smallest absolute Gasteiger partial charge is 0.188 e. The SMILES string of the molecule is Cc1nccn1Cc1cccc(CN=C(N)NCC(C)C)c1. The molecule has 0 amide bonds. The van der Waals surface area contributed by atoms with Gasteiger partial charge < -0.3 is 15.6 Å². The highest BCUT2D eigenvalue weighted by Gasteiger charge is 2.01. The molecule has 2 aromatic rings. The topological polar surface area (TPSA) is 68.2 Å². The number of hydrogen-bond acceptors (Lipinski definition) is 2. The number of nitrogens with one attached hydrogen (secondary N) is 1. The van der Waals surface area contributed by atoms with E-state index in [2.05, 4.69) is 58.0 Å². The van der Waals surface area contributed by atoms with Gasteiger partial charge in [-0.3, -0.25) is 0 Å². The summed E-state index contributed by atoms with van der Waals surface area (Å²) in [6.45, 7) is 8.55. The summed E-state index contributed by atoms with van der Waals surface area (Å²) in [5.41, 5.74) is 8.26. The third-order valence-corrected chi connectivity index (χ3v) is 3.39. The number of hydrogen-bond donors (Lipinski definition) is 2. The van der Waals surface area contributed by atoms with Gasteiger partial charge in [-0.15, -0.1) is 0 Å². The van der Waals surface area contributed by atoms with Gasteiger partial charge in [0.15, 0.2) is 5.96 Å². The Morgan fingerprint density at radius 3 is 2.82 bits per heavy atom. The van der Waals surface area contributed by atoms with Crippen LogP contribution < -0.4 is 11.1 Å². The highest BCUT2D eigenvalue weighted by molar-refractivity contribution is 5.77. The summed E-state index contributed by atoms with van der Waals surface area (Å²) in [7, 11) is 0. The quantitative estimate of drug-likeness (QED) is 0.635. The maximum absolute atomic E-state index is 5.86. The minimum Gasteiger partial charge on any atom is -0.370 e. The fourth-order valence-corrected chi connectivity index (χ4v) is 2.13. The van der Waals surface area contributed by atoms with Gasteiger partial charge in [0.1, 0.15) is 5.82 Å². The molecule has 3 N–H and O–H groups in total. The van der Waals surface area contributed by atoms with Crippen LogP contribution in [0.2, 0.25) is 0 Å². The van der Waals surface area contributed by atoms with E-state index in [-0.39, 0.29) is 0 Å². The third-order valence-electron chi connectivity index (χ3n) is 3.39. The van der Waals surface area contributed by atoms with Crippen LogP contribution in [0.1, 0.15) is 30.8 Å². The highest BCUT2D eigenvalue weighted by atomic mass is 15.1. The Balaban J connectivity index is 1.96. The predicted molar refractivity (Wildman–Crippen MR) is 90.7 cm³/mol. The van der Waals surface area contributed by atoms with Crippen LogP contribution in [0.3, 0.4) is 0 Å². The largest absolute Gasteiger partial charge is 0.370 e. The van der Waals surface area contributed by atoms with E-state index >= 15 is 0 Å². The number of guanidine groups is 1. The van der Waals surface area contributed by atoms with Gasteiger partial charge in [0.05, 0.1) is 6.54 Å². The zero-order valence-corrected chi connectivity index (χ0v) is 13.6. The molecular formula is C17H25N5. The molecule has 0 radical (unpaired) electrons. The van der Waals surface area contributed by atoms with Gasteiger partial charge in [-0.1, -0.05) is 38.1 Å². The molecule has 0 fully saturated rings. The molecular weight excluding hydrogens is 274 g/mol. The second kappa shape index (κ2) is 7.64. The molecule has 0 atom stereocenters. The Morgan fingerprint density at radius 1 is 1.36 bits per heavy atom. The van der Waals surface area contributed by atoms with Crippen molar-refractivity contribution in [2.75, 3.05) is 6.54 Å². The van der Waals surface area contributed by atoms with Crippen molar-refractivity contribution in [2.24, 2.45) is 16.6 Å². The first-order valence-electron chi connectivity index (χ1n) is 7.64. The Bertz CT molecular complexity index is 627. The predicted octanol–water partition coefficient (Wildman–Crippen LogP) is 2.30. The van der Waals surface area contributed by atoms with Crippen LogP contribution >= 0.6 is 0 Å². The summed E-state index contributed by atoms with van der Waals surface area (Å²) < 4.78 is 2.13. The van der Waals surface area contributed by atoms with Crippen molar-refractivity contribution >= 4 is 5.96 Å². The zero-order chi connectivity index (χ0) is 15.9. The normalized spacial score (nSPS) is 11.9. The van der Waals surface area contributed by atoms with Crippen LogP contribution in [0, 0.1) is 12.8 Å². The second-order valence-electron chi connectivity index (χ2n) is 5.90. The van der Waals surface area contributed by atoms with Gasteiger partial charge in [0.25, 0.3) is 0 Å². The lowest BCUT2D eigenvalue weighted by Gasteiger charge is -2.09. The Hall–Kier alpha value is -2.30. The van der Waals surface area contributed by atoms with E-state index in [0.717, 1.165) is 24.5 Å². The lowest BCUT2D eigenvalue weighted by Crippen LogP contribution is -2.34. The number of rotatable bonds is 6. The van der Waals surface area contributed by atoms with E-state index in [1.54, 1.807) is 0 Å². The van der Waals surface area contributed by atoms with E-state index in [1.165, 1.54) is 5.56 Å². The first-order valence-corrected chi connectivity index (χ1v) is 7.64. The number of benzene rings is 1. The van der Waals surface area contributed by atoms with Crippen molar-refractivity contribution in [2.45, 2.75) is 33.9 Å². The van der Waals surface area contributed by atoms with Crippen molar-refractivity contribution in [1.29, 1.82) is 0 Å².